The lowest BCUT2D eigenvalue weighted by Gasteiger charge is -2.34. The molecule has 2 saturated heterocycles. The van der Waals surface area contributed by atoms with Gasteiger partial charge >= 0.3 is 12.2 Å². The predicted octanol–water partition coefficient (Wildman–Crippen LogP) is 12.6. The largest absolute Gasteiger partial charge is 0.497 e. The lowest BCUT2D eigenvalue weighted by atomic mass is 9.95. The van der Waals surface area contributed by atoms with Crippen LogP contribution in [-0.4, -0.2) is 103 Å². The zero-order chi connectivity index (χ0) is 59.7. The summed E-state index contributed by atoms with van der Waals surface area (Å²) in [4.78, 5) is 30.4. The number of rotatable bonds is 20. The zero-order valence-electron chi connectivity index (χ0n) is 47.7. The Morgan fingerprint density at radius 3 is 1.73 bits per heavy atom. The summed E-state index contributed by atoms with van der Waals surface area (Å²) in [6, 6.07) is 28.8. The number of alkyl halides is 4. The molecule has 8 aromatic rings. The molecule has 4 aromatic heterocycles. The molecule has 3 atom stereocenters. The van der Waals surface area contributed by atoms with Crippen LogP contribution < -0.4 is 43.1 Å². The fraction of sp³-hybridized carbons (Fsp3) is 0.349. The number of benzene rings is 4. The van der Waals surface area contributed by atoms with Crippen LogP contribution in [-0.2, 0) is 32.4 Å². The number of fused-ring (bicyclic) bond motifs is 1. The maximum absolute atomic E-state index is 18.4. The fourth-order valence-electron chi connectivity index (χ4n) is 11.8. The minimum atomic E-state index is -5.30. The Labute approximate surface area is 486 Å². The first-order valence-electron chi connectivity index (χ1n) is 27.7. The Balaban J connectivity index is 1.07. The number of nitrogens with zero attached hydrogens (tertiary/aromatic N) is 9. The highest BCUT2D eigenvalue weighted by molar-refractivity contribution is 5.97. The third-order valence-electron chi connectivity index (χ3n) is 16.2. The molecular weight excluding hydrogens is 1110 g/mol. The van der Waals surface area contributed by atoms with Crippen LogP contribution in [0.4, 0.5) is 48.2 Å². The normalized spacial score (nSPS) is 17.0. The van der Waals surface area contributed by atoms with Gasteiger partial charge in [0, 0.05) is 50.3 Å². The summed E-state index contributed by atoms with van der Waals surface area (Å²) in [5.74, 6) is -1.45. The van der Waals surface area contributed by atoms with Crippen molar-refractivity contribution < 1.29 is 59.2 Å². The van der Waals surface area contributed by atoms with Gasteiger partial charge in [-0.15, -0.1) is 0 Å². The van der Waals surface area contributed by atoms with Crippen molar-refractivity contribution in [3.8, 4) is 46.3 Å². The Morgan fingerprint density at radius 2 is 1.21 bits per heavy atom. The summed E-state index contributed by atoms with van der Waals surface area (Å²) < 4.78 is 148. The molecule has 15 nitrogen and oxygen atoms in total. The lowest BCUT2D eigenvalue weighted by Crippen LogP contribution is -2.43. The average Bonchev–Trinajstić information content (AvgIpc) is 2.99. The molecule has 7 heterocycles. The topological polar surface area (TPSA) is 133 Å². The van der Waals surface area contributed by atoms with Crippen LogP contribution in [0.3, 0.4) is 0 Å². The minimum Gasteiger partial charge on any atom is -0.497 e. The second-order valence-electron chi connectivity index (χ2n) is 21.5. The highest BCUT2D eigenvalue weighted by Crippen LogP contribution is 2.48. The van der Waals surface area contributed by atoms with E-state index in [0.717, 1.165) is 30.7 Å². The van der Waals surface area contributed by atoms with Crippen molar-refractivity contribution >= 4 is 28.4 Å². The maximum Gasteiger partial charge on any atom is 0.418 e. The van der Waals surface area contributed by atoms with Gasteiger partial charge in [-0.25, -0.2) is 32.5 Å². The van der Waals surface area contributed by atoms with E-state index in [9.17, 15) is 0 Å². The summed E-state index contributed by atoms with van der Waals surface area (Å²) in [5, 5.41) is -0.143. The lowest BCUT2D eigenvalue weighted by molar-refractivity contribution is -0.138. The first-order valence-corrected chi connectivity index (χ1v) is 27.7. The highest BCUT2D eigenvalue weighted by atomic mass is 19.4. The summed E-state index contributed by atoms with van der Waals surface area (Å²) in [5.41, 5.74) is -2.31. The predicted molar refractivity (Wildman–Crippen MR) is 306 cm³/mol. The molecule has 444 valence electrons. The molecule has 0 bridgehead atoms. The van der Waals surface area contributed by atoms with Gasteiger partial charge in [-0.1, -0.05) is 48.5 Å². The number of aromatic nitrogens is 5. The maximum atomic E-state index is 18.4. The van der Waals surface area contributed by atoms with E-state index in [-0.39, 0.29) is 68.9 Å². The monoisotopic (exact) mass is 1170 g/mol. The van der Waals surface area contributed by atoms with E-state index in [1.165, 1.54) is 25.2 Å². The molecule has 0 unspecified atom stereocenters. The van der Waals surface area contributed by atoms with E-state index in [4.69, 9.17) is 38.4 Å². The van der Waals surface area contributed by atoms with Gasteiger partial charge in [-0.05, 0) is 110 Å². The standard InChI is InChI=1S/C63H62F7N9O6/c1-37-51(63(68,69)70)55(72-59(52(37)66)77(33-41-12-20-47(82-5)21-13-41)34-42-14-22-48(83-6)23-15-42)56-53(67)54-50-58(75-61(74-54)85-36-62-24-7-25-78(62)35-44(65)29-62)79(26-27-84-60(50)73-56)38(2)49-28-43(64)30-71-57(49)76(31-39-8-16-45(80-3)17-9-39)32-40-10-18-46(81-4)19-11-40/h8-23,28,30,38,44H,7,24-27,29,31-36H2,1-6H3/t38-,44-,62+/m1/s1. The summed E-state index contributed by atoms with van der Waals surface area (Å²) in [7, 11) is 6.15. The number of methoxy groups -OCH3 is 4. The molecule has 0 N–H and O–H groups in total. The Hall–Kier alpha value is -8.66. The molecule has 4 aromatic carbocycles. The smallest absolute Gasteiger partial charge is 0.418 e. The number of hydrogen-bond donors (Lipinski definition) is 0. The second-order valence-corrected chi connectivity index (χ2v) is 21.5. The molecule has 2 fully saturated rings. The van der Waals surface area contributed by atoms with Crippen molar-refractivity contribution in [1.82, 2.24) is 29.8 Å². The number of halogens is 7. The van der Waals surface area contributed by atoms with Crippen LogP contribution in [0.15, 0.2) is 109 Å². The Kier molecular flexibility index (Phi) is 16.5. The van der Waals surface area contributed by atoms with Crippen LogP contribution in [0, 0.1) is 24.4 Å². The van der Waals surface area contributed by atoms with Crippen molar-refractivity contribution in [2.45, 2.75) is 83.2 Å². The molecule has 0 amide bonds. The molecular formula is C63H62F7N9O6. The minimum absolute atomic E-state index is 0.00859. The van der Waals surface area contributed by atoms with Crippen LogP contribution in [0.1, 0.15) is 71.2 Å². The molecule has 85 heavy (non-hydrogen) atoms. The number of pyridine rings is 3. The molecule has 0 saturated carbocycles. The number of hydrogen-bond acceptors (Lipinski definition) is 15. The SMILES string of the molecule is COc1ccc(CN(Cc2ccc(OC)cc2)c2ncc(F)cc2[C@@H](C)N2CCOc3nc(-c4nc(N(Cc5ccc(OC)cc5)Cc5ccc(OC)cc5)c(F)c(C)c4C(F)(F)F)c(F)c4nc(OC[C@@]56CCCN5C[C@H](F)C6)nc2c34)cc1. The molecule has 0 radical (unpaired) electrons. The molecule has 3 aliphatic rings. The highest BCUT2D eigenvalue weighted by Gasteiger charge is 2.50. The number of ether oxygens (including phenoxy) is 6. The molecule has 3 aliphatic heterocycles. The van der Waals surface area contributed by atoms with Gasteiger partial charge in [0.1, 0.15) is 82.1 Å². The Morgan fingerprint density at radius 1 is 0.682 bits per heavy atom. The van der Waals surface area contributed by atoms with Gasteiger partial charge in [0.2, 0.25) is 5.88 Å². The van der Waals surface area contributed by atoms with E-state index in [2.05, 4.69) is 15.0 Å². The molecule has 11 rings (SSSR count). The van der Waals surface area contributed by atoms with Crippen molar-refractivity contribution in [2.75, 3.05) is 76.0 Å². The fourth-order valence-corrected chi connectivity index (χ4v) is 11.8. The van der Waals surface area contributed by atoms with Crippen LogP contribution in [0.25, 0.3) is 22.3 Å². The van der Waals surface area contributed by atoms with E-state index in [1.54, 1.807) is 74.6 Å². The van der Waals surface area contributed by atoms with Crippen molar-refractivity contribution in [1.29, 1.82) is 0 Å². The third kappa shape index (κ3) is 11.9. The van der Waals surface area contributed by atoms with Crippen LogP contribution >= 0.6 is 0 Å². The number of anilines is 3. The average molecular weight is 1170 g/mol. The van der Waals surface area contributed by atoms with Gasteiger partial charge in [0.25, 0.3) is 0 Å². The Bertz CT molecular complexity index is 3600. The summed E-state index contributed by atoms with van der Waals surface area (Å²) in [6.07, 6.45) is -3.76. The second kappa shape index (κ2) is 24.1. The summed E-state index contributed by atoms with van der Waals surface area (Å²) in [6.45, 7) is 3.72. The van der Waals surface area contributed by atoms with Crippen LogP contribution in [0.5, 0.6) is 34.9 Å². The van der Waals surface area contributed by atoms with Crippen LogP contribution in [0.2, 0.25) is 0 Å². The van der Waals surface area contributed by atoms with Gasteiger partial charge in [0.15, 0.2) is 17.5 Å². The van der Waals surface area contributed by atoms with E-state index in [0.29, 0.717) is 71.6 Å². The van der Waals surface area contributed by atoms with Gasteiger partial charge in [-0.2, -0.15) is 23.1 Å². The van der Waals surface area contributed by atoms with Gasteiger partial charge in [-0.3, -0.25) is 4.90 Å². The quantitative estimate of drug-likeness (QED) is 0.0670. The van der Waals surface area contributed by atoms with Gasteiger partial charge < -0.3 is 43.1 Å². The van der Waals surface area contributed by atoms with E-state index in [1.807, 2.05) is 58.3 Å². The third-order valence-corrected chi connectivity index (χ3v) is 16.2. The zero-order valence-corrected chi connectivity index (χ0v) is 47.7. The van der Waals surface area contributed by atoms with Gasteiger partial charge in [0.05, 0.1) is 58.3 Å². The van der Waals surface area contributed by atoms with Crippen molar-refractivity contribution in [2.24, 2.45) is 0 Å². The summed E-state index contributed by atoms with van der Waals surface area (Å²) >= 11 is 0. The molecule has 0 aliphatic carbocycles. The molecule has 0 spiro atoms. The van der Waals surface area contributed by atoms with E-state index >= 15 is 30.7 Å². The van der Waals surface area contributed by atoms with E-state index < -0.39 is 75.2 Å². The first-order chi connectivity index (χ1) is 41.0. The van der Waals surface area contributed by atoms with Crippen molar-refractivity contribution in [3.63, 3.8) is 0 Å². The van der Waals surface area contributed by atoms with Crippen molar-refractivity contribution in [3.05, 3.63) is 166 Å². The first kappa shape index (κ1) is 58.1. The molecule has 22 heteroatoms.